The van der Waals surface area contributed by atoms with Crippen molar-refractivity contribution in [2.24, 2.45) is 0 Å². The van der Waals surface area contributed by atoms with E-state index in [0.29, 0.717) is 10.9 Å². The molecule has 0 aromatic heterocycles. The van der Waals surface area contributed by atoms with Gasteiger partial charge >= 0.3 is 0 Å². The average Bonchev–Trinajstić information content (AvgIpc) is 2.16. The van der Waals surface area contributed by atoms with Gasteiger partial charge in [-0.15, -0.1) is 11.6 Å². The maximum absolute atomic E-state index is 5.84. The average molecular weight is 217 g/mol. The summed E-state index contributed by atoms with van der Waals surface area (Å²) in [5.74, 6) is 1.12. The van der Waals surface area contributed by atoms with E-state index in [-0.39, 0.29) is 0 Å². The molecule has 0 bridgehead atoms. The predicted molar refractivity (Wildman–Crippen MR) is 57.8 cm³/mol. The van der Waals surface area contributed by atoms with Crippen molar-refractivity contribution < 1.29 is 4.74 Å². The first-order chi connectivity index (χ1) is 6.19. The first-order valence-corrected chi connectivity index (χ1v) is 4.68. The van der Waals surface area contributed by atoms with Crippen molar-refractivity contribution in [1.82, 2.24) is 0 Å². The van der Waals surface area contributed by atoms with Crippen molar-refractivity contribution in [1.29, 1.82) is 0 Å². The Bertz CT molecular complexity index is 321. The smallest absolute Gasteiger partial charge is 0.126 e. The third-order valence-corrected chi connectivity index (χ3v) is 2.26. The van der Waals surface area contributed by atoms with Crippen molar-refractivity contribution in [2.45, 2.75) is 0 Å². The first kappa shape index (κ1) is 10.4. The van der Waals surface area contributed by atoms with Gasteiger partial charge in [-0.25, -0.2) is 0 Å². The number of benzene rings is 1. The quantitative estimate of drug-likeness (QED) is 0.703. The molecule has 0 aliphatic heterocycles. The standard InChI is InChI=1S/C10H10Cl2O/c1-7(6-11)9-5-8(12)3-4-10(9)13-2/h3-5H,1,6H2,2H3. The summed E-state index contributed by atoms with van der Waals surface area (Å²) in [7, 11) is 1.61. The molecule has 13 heavy (non-hydrogen) atoms. The van der Waals surface area contributed by atoms with Crippen LogP contribution < -0.4 is 4.74 Å². The number of halogens is 2. The van der Waals surface area contributed by atoms with Crippen LogP contribution in [0.3, 0.4) is 0 Å². The molecule has 1 nitrogen and oxygen atoms in total. The second kappa shape index (κ2) is 4.54. The highest BCUT2D eigenvalue weighted by Crippen LogP contribution is 2.28. The second-order valence-electron chi connectivity index (χ2n) is 2.58. The summed E-state index contributed by atoms with van der Waals surface area (Å²) in [6.45, 7) is 3.82. The van der Waals surface area contributed by atoms with E-state index in [4.69, 9.17) is 27.9 Å². The third kappa shape index (κ3) is 2.39. The van der Waals surface area contributed by atoms with Crippen molar-refractivity contribution in [3.05, 3.63) is 35.4 Å². The summed E-state index contributed by atoms with van der Waals surface area (Å²) < 4.78 is 5.15. The molecule has 0 heterocycles. The second-order valence-corrected chi connectivity index (χ2v) is 3.29. The van der Waals surface area contributed by atoms with Crippen molar-refractivity contribution in [2.75, 3.05) is 13.0 Å². The van der Waals surface area contributed by atoms with E-state index in [9.17, 15) is 0 Å². The molecule has 3 heteroatoms. The molecule has 0 unspecified atom stereocenters. The van der Waals surface area contributed by atoms with Crippen LogP contribution in [0.2, 0.25) is 5.02 Å². The summed E-state index contributed by atoms with van der Waals surface area (Å²) in [6.07, 6.45) is 0. The fraction of sp³-hybridized carbons (Fsp3) is 0.200. The number of allylic oxidation sites excluding steroid dienone is 1. The zero-order valence-electron chi connectivity index (χ0n) is 7.31. The molecular formula is C10H10Cl2O. The zero-order valence-corrected chi connectivity index (χ0v) is 8.82. The van der Waals surface area contributed by atoms with Gasteiger partial charge in [0.2, 0.25) is 0 Å². The van der Waals surface area contributed by atoms with E-state index in [1.54, 1.807) is 25.3 Å². The Hall–Kier alpha value is -0.660. The van der Waals surface area contributed by atoms with E-state index in [0.717, 1.165) is 16.9 Å². The lowest BCUT2D eigenvalue weighted by Crippen LogP contribution is -1.91. The molecule has 0 atom stereocenters. The third-order valence-electron chi connectivity index (χ3n) is 1.70. The van der Waals surface area contributed by atoms with Crippen LogP contribution in [0.1, 0.15) is 5.56 Å². The molecule has 70 valence electrons. The van der Waals surface area contributed by atoms with E-state index < -0.39 is 0 Å². The van der Waals surface area contributed by atoms with Crippen LogP contribution in [0.15, 0.2) is 24.8 Å². The summed E-state index contributed by atoms with van der Waals surface area (Å²) >= 11 is 11.5. The van der Waals surface area contributed by atoms with Crippen LogP contribution in [0.4, 0.5) is 0 Å². The van der Waals surface area contributed by atoms with Gasteiger partial charge in [-0.05, 0) is 23.8 Å². The number of methoxy groups -OCH3 is 1. The van der Waals surface area contributed by atoms with Crippen molar-refractivity contribution >= 4 is 28.8 Å². The topological polar surface area (TPSA) is 9.23 Å². The molecule has 0 radical (unpaired) electrons. The van der Waals surface area contributed by atoms with E-state index in [1.807, 2.05) is 0 Å². The van der Waals surface area contributed by atoms with Gasteiger partial charge in [-0.2, -0.15) is 0 Å². The first-order valence-electron chi connectivity index (χ1n) is 3.76. The number of ether oxygens (including phenoxy) is 1. The highest BCUT2D eigenvalue weighted by Gasteiger charge is 2.06. The predicted octanol–water partition coefficient (Wildman–Crippen LogP) is 3.60. The van der Waals surface area contributed by atoms with E-state index in [1.165, 1.54) is 0 Å². The maximum atomic E-state index is 5.84. The number of hydrogen-bond donors (Lipinski definition) is 0. The number of rotatable bonds is 3. The Kier molecular flexibility index (Phi) is 3.64. The van der Waals surface area contributed by atoms with Gasteiger partial charge in [0.1, 0.15) is 5.75 Å². The minimum atomic E-state index is 0.372. The number of hydrogen-bond acceptors (Lipinski definition) is 1. The fourth-order valence-corrected chi connectivity index (χ4v) is 1.34. The molecule has 0 fully saturated rings. The van der Waals surface area contributed by atoms with Gasteiger partial charge in [0.15, 0.2) is 0 Å². The summed E-state index contributed by atoms with van der Waals surface area (Å²) in [4.78, 5) is 0. The summed E-state index contributed by atoms with van der Waals surface area (Å²) in [5, 5.41) is 0.655. The lowest BCUT2D eigenvalue weighted by Gasteiger charge is -2.08. The van der Waals surface area contributed by atoms with E-state index in [2.05, 4.69) is 6.58 Å². The Morgan fingerprint density at radius 3 is 2.77 bits per heavy atom. The van der Waals surface area contributed by atoms with Crippen LogP contribution in [-0.2, 0) is 0 Å². The molecule has 1 rings (SSSR count). The van der Waals surface area contributed by atoms with Crippen LogP contribution in [0.5, 0.6) is 5.75 Å². The molecule has 0 saturated heterocycles. The highest BCUT2D eigenvalue weighted by atomic mass is 35.5. The van der Waals surface area contributed by atoms with Gasteiger partial charge in [0, 0.05) is 16.5 Å². The van der Waals surface area contributed by atoms with Gasteiger partial charge in [0.05, 0.1) is 7.11 Å². The van der Waals surface area contributed by atoms with Crippen molar-refractivity contribution in [3.63, 3.8) is 0 Å². The monoisotopic (exact) mass is 216 g/mol. The van der Waals surface area contributed by atoms with Gasteiger partial charge < -0.3 is 4.74 Å². The minimum Gasteiger partial charge on any atom is -0.496 e. The van der Waals surface area contributed by atoms with Crippen molar-refractivity contribution in [3.8, 4) is 5.75 Å². The Morgan fingerprint density at radius 1 is 1.54 bits per heavy atom. The minimum absolute atomic E-state index is 0.372. The number of alkyl halides is 1. The molecule has 0 aliphatic rings. The van der Waals surface area contributed by atoms with Crippen LogP contribution in [0, 0.1) is 0 Å². The molecule has 0 aliphatic carbocycles. The van der Waals surface area contributed by atoms with Crippen LogP contribution >= 0.6 is 23.2 Å². The Labute approximate surface area is 87.9 Å². The normalized spacial score (nSPS) is 9.77. The Balaban J connectivity index is 3.15. The van der Waals surface area contributed by atoms with Gasteiger partial charge in [-0.3, -0.25) is 0 Å². The SMILES string of the molecule is C=C(CCl)c1cc(Cl)ccc1OC. The van der Waals surface area contributed by atoms with Gasteiger partial charge in [0.25, 0.3) is 0 Å². The fourth-order valence-electron chi connectivity index (χ4n) is 1.03. The molecule has 0 amide bonds. The van der Waals surface area contributed by atoms with Gasteiger partial charge in [-0.1, -0.05) is 18.2 Å². The lowest BCUT2D eigenvalue weighted by molar-refractivity contribution is 0.413. The molecule has 1 aromatic rings. The maximum Gasteiger partial charge on any atom is 0.126 e. The molecule has 0 N–H and O–H groups in total. The largest absolute Gasteiger partial charge is 0.496 e. The van der Waals surface area contributed by atoms with Crippen LogP contribution in [-0.4, -0.2) is 13.0 Å². The molecule has 0 saturated carbocycles. The lowest BCUT2D eigenvalue weighted by atomic mass is 10.1. The highest BCUT2D eigenvalue weighted by molar-refractivity contribution is 6.31. The zero-order chi connectivity index (χ0) is 9.84. The van der Waals surface area contributed by atoms with Crippen LogP contribution in [0.25, 0.3) is 5.57 Å². The molecular weight excluding hydrogens is 207 g/mol. The molecule has 1 aromatic carbocycles. The Morgan fingerprint density at radius 2 is 2.23 bits per heavy atom. The summed E-state index contributed by atoms with van der Waals surface area (Å²) in [6, 6.07) is 5.37. The van der Waals surface area contributed by atoms with E-state index >= 15 is 0 Å². The molecule has 0 spiro atoms. The summed E-state index contributed by atoms with van der Waals surface area (Å²) in [5.41, 5.74) is 1.67.